The molecule has 2 aromatic rings. The fraction of sp³-hybridized carbons (Fsp3) is 0.480. The molecule has 1 amide bonds. The van der Waals surface area contributed by atoms with Gasteiger partial charge in [-0.25, -0.2) is 14.2 Å². The summed E-state index contributed by atoms with van der Waals surface area (Å²) in [4.78, 5) is 24.5. The highest BCUT2D eigenvalue weighted by Gasteiger charge is 2.30. The van der Waals surface area contributed by atoms with E-state index in [0.717, 1.165) is 35.4 Å². The Hall–Kier alpha value is -3.16. The standard InChI is InChI=1S/C25H30FN3O4/c1-16-15-31-23(27-16)20-14-21(18-5-7-19(26)8-6-18)28-33-22(20)13-17-9-11-29(12-10-17)24(30)32-25(2,3)4/h5-8,15,17H,9-14H2,1-4H3. The van der Waals surface area contributed by atoms with Crippen molar-refractivity contribution in [1.29, 1.82) is 0 Å². The summed E-state index contributed by atoms with van der Waals surface area (Å²) < 4.78 is 24.5. The third-order valence-electron chi connectivity index (χ3n) is 5.74. The van der Waals surface area contributed by atoms with Crippen LogP contribution < -0.4 is 0 Å². The number of aryl methyl sites for hydroxylation is 1. The zero-order valence-corrected chi connectivity index (χ0v) is 19.6. The number of carbonyl (C=O) groups excluding carboxylic acids is 1. The number of hydrogen-bond donors (Lipinski definition) is 0. The molecule has 0 bridgehead atoms. The first kappa shape index (κ1) is 23.0. The van der Waals surface area contributed by atoms with Crippen LogP contribution in [0.25, 0.3) is 5.57 Å². The van der Waals surface area contributed by atoms with E-state index in [1.54, 1.807) is 23.3 Å². The zero-order valence-electron chi connectivity index (χ0n) is 19.6. The molecule has 0 aliphatic carbocycles. The summed E-state index contributed by atoms with van der Waals surface area (Å²) in [6.45, 7) is 8.78. The molecule has 0 spiro atoms. The Bertz CT molecular complexity index is 1060. The van der Waals surface area contributed by atoms with E-state index >= 15 is 0 Å². The second-order valence-corrected chi connectivity index (χ2v) is 9.62. The third kappa shape index (κ3) is 5.80. The smallest absolute Gasteiger partial charge is 0.410 e. The van der Waals surface area contributed by atoms with Gasteiger partial charge < -0.3 is 18.9 Å². The number of oxazole rings is 1. The number of allylic oxidation sites excluding steroid dienone is 2. The number of benzene rings is 1. The first-order valence-electron chi connectivity index (χ1n) is 11.3. The molecule has 1 aromatic carbocycles. The van der Waals surface area contributed by atoms with E-state index in [-0.39, 0.29) is 11.9 Å². The van der Waals surface area contributed by atoms with Crippen molar-refractivity contribution in [3.63, 3.8) is 0 Å². The molecule has 8 heteroatoms. The molecule has 1 aromatic heterocycles. The van der Waals surface area contributed by atoms with E-state index < -0.39 is 5.60 Å². The van der Waals surface area contributed by atoms with Crippen LogP contribution in [0.15, 0.2) is 45.9 Å². The van der Waals surface area contributed by atoms with Crippen molar-refractivity contribution >= 4 is 17.4 Å². The normalized spacial score (nSPS) is 17.6. The van der Waals surface area contributed by atoms with Crippen molar-refractivity contribution in [2.45, 2.75) is 59.0 Å². The van der Waals surface area contributed by atoms with Gasteiger partial charge in [0.25, 0.3) is 0 Å². The van der Waals surface area contributed by atoms with Crippen LogP contribution >= 0.6 is 0 Å². The number of likely N-dealkylation sites (tertiary alicyclic amines) is 1. The maximum Gasteiger partial charge on any atom is 0.410 e. The van der Waals surface area contributed by atoms with E-state index in [1.807, 2.05) is 27.7 Å². The Kier molecular flexibility index (Phi) is 6.54. The van der Waals surface area contributed by atoms with Crippen LogP contribution in [-0.4, -0.2) is 40.4 Å². The fourth-order valence-electron chi connectivity index (χ4n) is 4.02. The van der Waals surface area contributed by atoms with Gasteiger partial charge in [-0.3, -0.25) is 0 Å². The van der Waals surface area contributed by atoms with Gasteiger partial charge in [0.1, 0.15) is 23.4 Å². The van der Waals surface area contributed by atoms with Crippen molar-refractivity contribution in [3.8, 4) is 0 Å². The molecule has 0 saturated carbocycles. The topological polar surface area (TPSA) is 77.2 Å². The molecule has 3 heterocycles. The number of rotatable bonds is 4. The minimum absolute atomic E-state index is 0.265. The van der Waals surface area contributed by atoms with Crippen LogP contribution in [0.5, 0.6) is 0 Å². The quantitative estimate of drug-likeness (QED) is 0.591. The number of hydrogen-bond acceptors (Lipinski definition) is 6. The van der Waals surface area contributed by atoms with Gasteiger partial charge in [-0.1, -0.05) is 17.3 Å². The van der Waals surface area contributed by atoms with Crippen LogP contribution in [0, 0.1) is 18.7 Å². The minimum atomic E-state index is -0.502. The molecule has 1 fully saturated rings. The highest BCUT2D eigenvalue weighted by Crippen LogP contribution is 2.35. The molecular formula is C25H30FN3O4. The molecule has 2 aliphatic heterocycles. The number of oxime groups is 1. The maximum atomic E-state index is 13.3. The lowest BCUT2D eigenvalue weighted by molar-refractivity contribution is 0.0179. The van der Waals surface area contributed by atoms with Crippen LogP contribution in [0.4, 0.5) is 9.18 Å². The lowest BCUT2D eigenvalue weighted by Crippen LogP contribution is -2.41. The second kappa shape index (κ2) is 9.37. The van der Waals surface area contributed by atoms with E-state index in [1.165, 1.54) is 12.1 Å². The van der Waals surface area contributed by atoms with Gasteiger partial charge in [0, 0.05) is 25.9 Å². The number of ether oxygens (including phenoxy) is 1. The first-order chi connectivity index (χ1) is 15.7. The van der Waals surface area contributed by atoms with Crippen LogP contribution in [-0.2, 0) is 9.57 Å². The van der Waals surface area contributed by atoms with E-state index in [4.69, 9.17) is 14.0 Å². The number of nitrogens with zero attached hydrogens (tertiary/aromatic N) is 3. The molecule has 7 nitrogen and oxygen atoms in total. The van der Waals surface area contributed by atoms with Crippen molar-refractivity contribution in [2.24, 2.45) is 11.1 Å². The number of carbonyl (C=O) groups is 1. The van der Waals surface area contributed by atoms with Gasteiger partial charge in [-0.05, 0) is 64.2 Å². The van der Waals surface area contributed by atoms with Crippen LogP contribution in [0.2, 0.25) is 0 Å². The van der Waals surface area contributed by atoms with E-state index in [0.29, 0.717) is 43.5 Å². The van der Waals surface area contributed by atoms with Crippen molar-refractivity contribution in [1.82, 2.24) is 9.88 Å². The summed E-state index contributed by atoms with van der Waals surface area (Å²) in [6, 6.07) is 6.19. The van der Waals surface area contributed by atoms with Gasteiger partial charge in [-0.15, -0.1) is 0 Å². The summed E-state index contributed by atoms with van der Waals surface area (Å²) in [5.74, 6) is 1.29. The monoisotopic (exact) mass is 455 g/mol. The second-order valence-electron chi connectivity index (χ2n) is 9.62. The lowest BCUT2D eigenvalue weighted by atomic mass is 9.90. The molecule has 0 unspecified atom stereocenters. The van der Waals surface area contributed by atoms with Crippen molar-refractivity contribution in [3.05, 3.63) is 59.3 Å². The van der Waals surface area contributed by atoms with Crippen LogP contribution in [0.3, 0.4) is 0 Å². The maximum absolute atomic E-state index is 13.3. The SMILES string of the molecule is Cc1coc(C2=C(CC3CCN(C(=O)OC(C)(C)C)CC3)ON=C(c3ccc(F)cc3)C2)n1. The summed E-state index contributed by atoms with van der Waals surface area (Å²) in [6.07, 6.45) is 4.20. The highest BCUT2D eigenvalue weighted by atomic mass is 19.1. The Morgan fingerprint density at radius 1 is 1.21 bits per heavy atom. The summed E-state index contributed by atoms with van der Waals surface area (Å²) in [7, 11) is 0. The summed E-state index contributed by atoms with van der Waals surface area (Å²) in [5, 5.41) is 4.32. The molecule has 0 N–H and O–H groups in total. The van der Waals surface area contributed by atoms with Crippen molar-refractivity contribution < 1.29 is 23.2 Å². The average molecular weight is 456 g/mol. The molecular weight excluding hydrogens is 425 g/mol. The fourth-order valence-corrected chi connectivity index (χ4v) is 4.02. The van der Waals surface area contributed by atoms with Gasteiger partial charge in [0.05, 0.1) is 17.0 Å². The molecule has 4 rings (SSSR count). The average Bonchev–Trinajstić information content (AvgIpc) is 3.20. The summed E-state index contributed by atoms with van der Waals surface area (Å²) in [5.41, 5.74) is 2.63. The molecule has 2 aliphatic rings. The summed E-state index contributed by atoms with van der Waals surface area (Å²) >= 11 is 0. The molecule has 0 atom stereocenters. The first-order valence-corrected chi connectivity index (χ1v) is 11.3. The third-order valence-corrected chi connectivity index (χ3v) is 5.74. The zero-order chi connectivity index (χ0) is 23.6. The lowest BCUT2D eigenvalue weighted by Gasteiger charge is -2.33. The van der Waals surface area contributed by atoms with Crippen molar-refractivity contribution in [2.75, 3.05) is 13.1 Å². The molecule has 176 valence electrons. The largest absolute Gasteiger partial charge is 0.444 e. The predicted molar refractivity (Wildman–Crippen MR) is 122 cm³/mol. The molecule has 1 saturated heterocycles. The number of aromatic nitrogens is 1. The van der Waals surface area contributed by atoms with Gasteiger partial charge in [0.2, 0.25) is 5.89 Å². The Balaban J connectivity index is 1.46. The van der Waals surface area contributed by atoms with Crippen LogP contribution in [0.1, 0.15) is 63.6 Å². The number of halogens is 1. The predicted octanol–water partition coefficient (Wildman–Crippen LogP) is 5.70. The molecule has 0 radical (unpaired) electrons. The van der Waals surface area contributed by atoms with Gasteiger partial charge >= 0.3 is 6.09 Å². The van der Waals surface area contributed by atoms with E-state index in [9.17, 15) is 9.18 Å². The van der Waals surface area contributed by atoms with Gasteiger partial charge in [-0.2, -0.15) is 0 Å². The molecule has 33 heavy (non-hydrogen) atoms. The Morgan fingerprint density at radius 2 is 1.91 bits per heavy atom. The number of amides is 1. The van der Waals surface area contributed by atoms with Gasteiger partial charge in [0.15, 0.2) is 0 Å². The minimum Gasteiger partial charge on any atom is -0.444 e. The Labute approximate surface area is 193 Å². The van der Waals surface area contributed by atoms with E-state index in [2.05, 4.69) is 10.1 Å². The Morgan fingerprint density at radius 3 is 2.52 bits per heavy atom. The number of piperidine rings is 1. The highest BCUT2D eigenvalue weighted by molar-refractivity contribution is 6.06.